The van der Waals surface area contributed by atoms with Crippen LogP contribution in [0.3, 0.4) is 0 Å². The van der Waals surface area contributed by atoms with Crippen molar-refractivity contribution in [2.75, 3.05) is 0 Å². The number of hydrogen-bond acceptors (Lipinski definition) is 3. The second-order valence-electron chi connectivity index (χ2n) is 4.15. The molecule has 1 heterocycles. The average molecular weight is 286 g/mol. The van der Waals surface area contributed by atoms with Gasteiger partial charge < -0.3 is 0 Å². The summed E-state index contributed by atoms with van der Waals surface area (Å²) in [7, 11) is 0. The van der Waals surface area contributed by atoms with E-state index in [1.807, 2.05) is 18.4 Å². The largest absolute Gasteiger partial charge is 0.416 e. The molecule has 0 aliphatic heterocycles. The zero-order chi connectivity index (χ0) is 14.0. The molecule has 1 aromatic heterocycles. The lowest BCUT2D eigenvalue weighted by atomic mass is 9.97. The zero-order valence-corrected chi connectivity index (χ0v) is 11.0. The Bertz CT molecular complexity index is 563. The zero-order valence-electron chi connectivity index (χ0n) is 10.2. The van der Waals surface area contributed by atoms with E-state index in [0.29, 0.717) is 0 Å². The molecular weight excluding hydrogens is 273 g/mol. The van der Waals surface area contributed by atoms with Crippen LogP contribution in [0.2, 0.25) is 0 Å². The average Bonchev–Trinajstić information content (AvgIpc) is 2.76. The molecule has 0 fully saturated rings. The van der Waals surface area contributed by atoms with Crippen molar-refractivity contribution in [2.24, 2.45) is 5.84 Å². The lowest BCUT2D eigenvalue weighted by molar-refractivity contribution is -0.138. The van der Waals surface area contributed by atoms with E-state index in [4.69, 9.17) is 5.84 Å². The number of aryl methyl sites for hydroxylation is 1. The Hall–Kier alpha value is -1.37. The van der Waals surface area contributed by atoms with Crippen LogP contribution in [0, 0.1) is 6.92 Å². The molecule has 0 spiro atoms. The molecule has 1 aromatic carbocycles. The number of hydrazine groups is 1. The van der Waals surface area contributed by atoms with Crippen molar-refractivity contribution in [3.8, 4) is 0 Å². The summed E-state index contributed by atoms with van der Waals surface area (Å²) >= 11 is 1.39. The minimum Gasteiger partial charge on any atom is -0.271 e. The van der Waals surface area contributed by atoms with Gasteiger partial charge >= 0.3 is 6.18 Å². The molecule has 3 N–H and O–H groups in total. The third-order valence-electron chi connectivity index (χ3n) is 2.91. The van der Waals surface area contributed by atoms with E-state index in [9.17, 15) is 13.2 Å². The van der Waals surface area contributed by atoms with Gasteiger partial charge in [0.25, 0.3) is 0 Å². The predicted octanol–water partition coefficient (Wildman–Crippen LogP) is 3.63. The van der Waals surface area contributed by atoms with Crippen molar-refractivity contribution in [3.63, 3.8) is 0 Å². The molecule has 0 bridgehead atoms. The Morgan fingerprint density at radius 3 is 2.42 bits per heavy atom. The van der Waals surface area contributed by atoms with Crippen molar-refractivity contribution in [2.45, 2.75) is 19.1 Å². The fraction of sp³-hybridized carbons (Fsp3) is 0.231. The van der Waals surface area contributed by atoms with Gasteiger partial charge in [0.05, 0.1) is 11.6 Å². The highest BCUT2D eigenvalue weighted by molar-refractivity contribution is 7.10. The summed E-state index contributed by atoms with van der Waals surface area (Å²) < 4.78 is 39.1. The van der Waals surface area contributed by atoms with Crippen LogP contribution in [0.15, 0.2) is 35.7 Å². The van der Waals surface area contributed by atoms with Crippen molar-refractivity contribution >= 4 is 11.3 Å². The molecule has 19 heavy (non-hydrogen) atoms. The van der Waals surface area contributed by atoms with Crippen molar-refractivity contribution < 1.29 is 13.2 Å². The topological polar surface area (TPSA) is 38.0 Å². The van der Waals surface area contributed by atoms with Crippen LogP contribution in [-0.4, -0.2) is 0 Å². The molecule has 6 heteroatoms. The summed E-state index contributed by atoms with van der Waals surface area (Å²) in [5.74, 6) is 5.47. The van der Waals surface area contributed by atoms with Crippen molar-refractivity contribution in [1.82, 2.24) is 5.43 Å². The summed E-state index contributed by atoms with van der Waals surface area (Å²) in [5.41, 5.74) is 2.89. The Labute approximate surface area is 113 Å². The monoisotopic (exact) mass is 286 g/mol. The first-order chi connectivity index (χ1) is 8.95. The van der Waals surface area contributed by atoms with Crippen molar-refractivity contribution in [1.29, 1.82) is 0 Å². The Morgan fingerprint density at radius 2 is 1.89 bits per heavy atom. The van der Waals surface area contributed by atoms with Gasteiger partial charge in [-0.3, -0.25) is 5.84 Å². The summed E-state index contributed by atoms with van der Waals surface area (Å²) in [6, 6.07) is 6.69. The van der Waals surface area contributed by atoms with Crippen LogP contribution in [0.25, 0.3) is 0 Å². The number of nitrogens with one attached hydrogen (secondary N) is 1. The van der Waals surface area contributed by atoms with Crippen LogP contribution in [0.1, 0.15) is 27.6 Å². The number of hydrogen-bond donors (Lipinski definition) is 2. The molecule has 0 aliphatic carbocycles. The summed E-state index contributed by atoms with van der Waals surface area (Å²) in [6.07, 6.45) is -4.39. The van der Waals surface area contributed by atoms with E-state index in [0.717, 1.165) is 16.5 Å². The molecule has 2 rings (SSSR count). The van der Waals surface area contributed by atoms with Crippen LogP contribution in [0.4, 0.5) is 13.2 Å². The lowest BCUT2D eigenvalue weighted by Gasteiger charge is -2.21. The molecule has 0 amide bonds. The van der Waals surface area contributed by atoms with Crippen LogP contribution in [-0.2, 0) is 6.18 Å². The molecule has 1 unspecified atom stereocenters. The van der Waals surface area contributed by atoms with Gasteiger partial charge in [-0.15, -0.1) is 11.3 Å². The minimum absolute atomic E-state index is 0.142. The van der Waals surface area contributed by atoms with E-state index in [1.165, 1.54) is 23.5 Å². The third kappa shape index (κ3) is 2.80. The third-order valence-corrected chi connectivity index (χ3v) is 3.99. The number of rotatable bonds is 3. The summed E-state index contributed by atoms with van der Waals surface area (Å²) in [6.45, 7) is 1.85. The first-order valence-corrected chi connectivity index (χ1v) is 6.49. The van der Waals surface area contributed by atoms with Gasteiger partial charge in [-0.1, -0.05) is 18.2 Å². The van der Waals surface area contributed by atoms with E-state index in [-0.39, 0.29) is 5.56 Å². The van der Waals surface area contributed by atoms with Gasteiger partial charge in [0.1, 0.15) is 0 Å². The van der Waals surface area contributed by atoms with Gasteiger partial charge in [0.2, 0.25) is 0 Å². The van der Waals surface area contributed by atoms with Gasteiger partial charge in [-0.25, -0.2) is 5.43 Å². The number of alkyl halides is 3. The van der Waals surface area contributed by atoms with Gasteiger partial charge in [-0.2, -0.15) is 13.2 Å². The fourth-order valence-corrected chi connectivity index (χ4v) is 3.00. The molecule has 0 aliphatic rings. The number of thiophene rings is 1. The number of halogens is 3. The van der Waals surface area contributed by atoms with E-state index in [2.05, 4.69) is 5.43 Å². The maximum absolute atomic E-state index is 13.0. The number of benzene rings is 1. The Kier molecular flexibility index (Phi) is 3.93. The first-order valence-electron chi connectivity index (χ1n) is 5.61. The van der Waals surface area contributed by atoms with Crippen LogP contribution in [0.5, 0.6) is 0 Å². The molecule has 0 radical (unpaired) electrons. The molecule has 0 saturated heterocycles. The highest BCUT2D eigenvalue weighted by Crippen LogP contribution is 2.38. The van der Waals surface area contributed by atoms with Gasteiger partial charge in [0, 0.05) is 4.88 Å². The summed E-state index contributed by atoms with van der Waals surface area (Å²) in [5, 5.41) is 1.84. The molecule has 0 saturated carbocycles. The molecule has 102 valence electrons. The quantitative estimate of drug-likeness (QED) is 0.668. The van der Waals surface area contributed by atoms with E-state index in [1.54, 1.807) is 6.07 Å². The standard InChI is InChI=1S/C13H13F3N2S/c1-8-6-7-19-12(8)11(18-17)9-4-2-3-5-10(9)13(14,15)16/h2-7,11,18H,17H2,1H3. The highest BCUT2D eigenvalue weighted by Gasteiger charge is 2.35. The van der Waals surface area contributed by atoms with E-state index >= 15 is 0 Å². The Balaban J connectivity index is 2.54. The van der Waals surface area contributed by atoms with Gasteiger partial charge in [0.15, 0.2) is 0 Å². The van der Waals surface area contributed by atoms with Crippen molar-refractivity contribution in [3.05, 3.63) is 57.3 Å². The fourth-order valence-electron chi connectivity index (χ4n) is 1.99. The minimum atomic E-state index is -4.39. The van der Waals surface area contributed by atoms with E-state index < -0.39 is 17.8 Å². The SMILES string of the molecule is Cc1ccsc1C(NN)c1ccccc1C(F)(F)F. The predicted molar refractivity (Wildman–Crippen MR) is 69.7 cm³/mol. The molecule has 1 atom stereocenters. The first kappa shape index (κ1) is 14.0. The molecular formula is C13H13F3N2S. The lowest BCUT2D eigenvalue weighted by Crippen LogP contribution is -2.30. The van der Waals surface area contributed by atoms with Crippen LogP contribution >= 0.6 is 11.3 Å². The molecule has 2 aromatic rings. The molecule has 2 nitrogen and oxygen atoms in total. The normalized spacial score (nSPS) is 13.5. The van der Waals surface area contributed by atoms with Gasteiger partial charge in [-0.05, 0) is 35.6 Å². The smallest absolute Gasteiger partial charge is 0.271 e. The second kappa shape index (κ2) is 5.32. The number of nitrogens with two attached hydrogens (primary N) is 1. The summed E-state index contributed by atoms with van der Waals surface area (Å²) in [4.78, 5) is 0.791. The highest BCUT2D eigenvalue weighted by atomic mass is 32.1. The maximum atomic E-state index is 13.0. The maximum Gasteiger partial charge on any atom is 0.416 e. The Morgan fingerprint density at radius 1 is 1.21 bits per heavy atom. The second-order valence-corrected chi connectivity index (χ2v) is 5.10. The van der Waals surface area contributed by atoms with Crippen LogP contribution < -0.4 is 11.3 Å².